The molecule has 3 N–H and O–H groups in total. The third-order valence-electron chi connectivity index (χ3n) is 2.09. The molecule has 1 aromatic rings. The van der Waals surface area contributed by atoms with Crippen molar-refractivity contribution in [2.75, 3.05) is 5.32 Å². The minimum absolute atomic E-state index is 0.287. The van der Waals surface area contributed by atoms with Crippen LogP contribution in [0.3, 0.4) is 0 Å². The second kappa shape index (κ2) is 4.87. The van der Waals surface area contributed by atoms with Gasteiger partial charge < -0.3 is 11.1 Å². The average Bonchev–Trinajstić information content (AvgIpc) is 2.21. The van der Waals surface area contributed by atoms with Gasteiger partial charge in [-0.25, -0.2) is 13.2 Å². The van der Waals surface area contributed by atoms with Gasteiger partial charge in [0.25, 0.3) is 0 Å². The SMILES string of the molecule is CCC(Nc1cc(F)c(F)cc1F)C(N)=O. The maximum atomic E-state index is 13.2. The number of amides is 1. The quantitative estimate of drug-likeness (QED) is 0.777. The van der Waals surface area contributed by atoms with Gasteiger partial charge in [0.15, 0.2) is 11.6 Å². The van der Waals surface area contributed by atoms with Crippen molar-refractivity contribution in [3.8, 4) is 0 Å². The number of hydrogen-bond donors (Lipinski definition) is 2. The van der Waals surface area contributed by atoms with Crippen molar-refractivity contribution < 1.29 is 18.0 Å². The van der Waals surface area contributed by atoms with Crippen LogP contribution in [0.15, 0.2) is 12.1 Å². The molecule has 0 spiro atoms. The van der Waals surface area contributed by atoms with Crippen molar-refractivity contribution in [1.82, 2.24) is 0 Å². The highest BCUT2D eigenvalue weighted by Gasteiger charge is 2.16. The van der Waals surface area contributed by atoms with Gasteiger partial charge in [0.2, 0.25) is 5.91 Å². The number of hydrogen-bond acceptors (Lipinski definition) is 2. The van der Waals surface area contributed by atoms with E-state index in [9.17, 15) is 18.0 Å². The van der Waals surface area contributed by atoms with Crippen molar-refractivity contribution in [3.63, 3.8) is 0 Å². The molecule has 1 amide bonds. The van der Waals surface area contributed by atoms with E-state index in [1.54, 1.807) is 6.92 Å². The molecule has 3 nitrogen and oxygen atoms in total. The summed E-state index contributed by atoms with van der Waals surface area (Å²) in [7, 11) is 0. The van der Waals surface area contributed by atoms with Crippen molar-refractivity contribution >= 4 is 11.6 Å². The molecule has 1 atom stereocenters. The molecule has 0 heterocycles. The molecule has 0 aliphatic rings. The Balaban J connectivity index is 2.96. The number of nitrogens with two attached hydrogens (primary N) is 1. The molecule has 0 aromatic heterocycles. The zero-order valence-electron chi connectivity index (χ0n) is 8.56. The van der Waals surface area contributed by atoms with Crippen LogP contribution in [0.2, 0.25) is 0 Å². The molecule has 0 aliphatic carbocycles. The van der Waals surface area contributed by atoms with Crippen molar-refractivity contribution in [1.29, 1.82) is 0 Å². The van der Waals surface area contributed by atoms with Gasteiger partial charge in [-0.1, -0.05) is 6.92 Å². The van der Waals surface area contributed by atoms with Crippen LogP contribution in [0.5, 0.6) is 0 Å². The lowest BCUT2D eigenvalue weighted by Gasteiger charge is -2.15. The van der Waals surface area contributed by atoms with Crippen LogP contribution in [0.4, 0.5) is 18.9 Å². The second-order valence-electron chi connectivity index (χ2n) is 3.25. The molecule has 6 heteroatoms. The van der Waals surface area contributed by atoms with E-state index < -0.39 is 29.4 Å². The van der Waals surface area contributed by atoms with Gasteiger partial charge >= 0.3 is 0 Å². The zero-order valence-corrected chi connectivity index (χ0v) is 8.56. The van der Waals surface area contributed by atoms with E-state index in [0.29, 0.717) is 18.6 Å². The lowest BCUT2D eigenvalue weighted by atomic mass is 10.2. The van der Waals surface area contributed by atoms with Gasteiger partial charge in [0.05, 0.1) is 5.69 Å². The molecule has 0 aliphatic heterocycles. The van der Waals surface area contributed by atoms with Gasteiger partial charge in [-0.15, -0.1) is 0 Å². The van der Waals surface area contributed by atoms with E-state index in [4.69, 9.17) is 5.73 Å². The fourth-order valence-corrected chi connectivity index (χ4v) is 1.20. The Kier molecular flexibility index (Phi) is 3.76. The Bertz CT molecular complexity index is 409. The Morgan fingerprint density at radius 3 is 2.38 bits per heavy atom. The second-order valence-corrected chi connectivity index (χ2v) is 3.25. The molecule has 88 valence electrons. The number of benzene rings is 1. The topological polar surface area (TPSA) is 55.1 Å². The van der Waals surface area contributed by atoms with Crippen LogP contribution in [-0.2, 0) is 4.79 Å². The number of carbonyl (C=O) groups excluding carboxylic acids is 1. The van der Waals surface area contributed by atoms with Crippen LogP contribution >= 0.6 is 0 Å². The minimum atomic E-state index is -1.28. The fraction of sp³-hybridized carbons (Fsp3) is 0.300. The van der Waals surface area contributed by atoms with Crippen LogP contribution in [0.1, 0.15) is 13.3 Å². The third kappa shape index (κ3) is 2.65. The van der Waals surface area contributed by atoms with Crippen LogP contribution in [-0.4, -0.2) is 11.9 Å². The Hall–Kier alpha value is -1.72. The Labute approximate surface area is 90.4 Å². The Morgan fingerprint density at radius 2 is 1.88 bits per heavy atom. The molecule has 1 aromatic carbocycles. The summed E-state index contributed by atoms with van der Waals surface area (Å²) in [5.74, 6) is -4.14. The first-order valence-electron chi connectivity index (χ1n) is 4.66. The van der Waals surface area contributed by atoms with Crippen LogP contribution < -0.4 is 11.1 Å². The summed E-state index contributed by atoms with van der Waals surface area (Å²) in [6.07, 6.45) is 0.313. The van der Waals surface area contributed by atoms with Crippen molar-refractivity contribution in [3.05, 3.63) is 29.6 Å². The van der Waals surface area contributed by atoms with Gasteiger partial charge in [-0.2, -0.15) is 0 Å². The number of nitrogens with one attached hydrogen (secondary N) is 1. The minimum Gasteiger partial charge on any atom is -0.371 e. The largest absolute Gasteiger partial charge is 0.371 e. The highest BCUT2D eigenvalue weighted by molar-refractivity contribution is 5.82. The van der Waals surface area contributed by atoms with Gasteiger partial charge in [-0.05, 0) is 6.42 Å². The molecule has 1 rings (SSSR count). The number of carbonyl (C=O) groups is 1. The fourth-order valence-electron chi connectivity index (χ4n) is 1.20. The van der Waals surface area contributed by atoms with E-state index in [2.05, 4.69) is 5.32 Å². The summed E-state index contributed by atoms with van der Waals surface area (Å²) in [4.78, 5) is 10.9. The summed E-state index contributed by atoms with van der Waals surface area (Å²) in [6.45, 7) is 1.65. The van der Waals surface area contributed by atoms with Gasteiger partial charge in [0, 0.05) is 12.1 Å². The normalized spacial score (nSPS) is 12.2. The molecule has 0 bridgehead atoms. The first-order chi connectivity index (χ1) is 7.45. The molecule has 1 unspecified atom stereocenters. The summed E-state index contributed by atoms with van der Waals surface area (Å²) in [5.41, 5.74) is 4.73. The van der Waals surface area contributed by atoms with E-state index >= 15 is 0 Å². The van der Waals surface area contributed by atoms with Crippen molar-refractivity contribution in [2.24, 2.45) is 5.73 Å². The molecule has 16 heavy (non-hydrogen) atoms. The highest BCUT2D eigenvalue weighted by atomic mass is 19.2. The first kappa shape index (κ1) is 12.4. The standard InChI is InChI=1S/C10H11F3N2O/c1-2-8(10(14)16)15-9-4-6(12)5(11)3-7(9)13/h3-4,8,15H,2H2,1H3,(H2,14,16). The molecular formula is C10H11F3N2O. The lowest BCUT2D eigenvalue weighted by Crippen LogP contribution is -2.35. The summed E-state index contributed by atoms with van der Waals surface area (Å²) >= 11 is 0. The predicted molar refractivity (Wildman–Crippen MR) is 53.2 cm³/mol. The molecule has 0 fully saturated rings. The van der Waals surface area contributed by atoms with E-state index in [1.807, 2.05) is 0 Å². The molecule has 0 saturated carbocycles. The van der Waals surface area contributed by atoms with Crippen LogP contribution in [0.25, 0.3) is 0 Å². The maximum Gasteiger partial charge on any atom is 0.239 e. The van der Waals surface area contributed by atoms with E-state index in [0.717, 1.165) is 0 Å². The van der Waals surface area contributed by atoms with E-state index in [-0.39, 0.29) is 5.69 Å². The first-order valence-corrected chi connectivity index (χ1v) is 4.66. The number of primary amides is 1. The summed E-state index contributed by atoms with van der Waals surface area (Å²) in [6, 6.07) is 0.237. The molecule has 0 radical (unpaired) electrons. The number of halogens is 3. The third-order valence-corrected chi connectivity index (χ3v) is 2.09. The van der Waals surface area contributed by atoms with Crippen LogP contribution in [0, 0.1) is 17.5 Å². The summed E-state index contributed by atoms with van der Waals surface area (Å²) < 4.78 is 38.6. The lowest BCUT2D eigenvalue weighted by molar-refractivity contribution is -0.118. The highest BCUT2D eigenvalue weighted by Crippen LogP contribution is 2.19. The summed E-state index contributed by atoms with van der Waals surface area (Å²) in [5, 5.41) is 2.41. The molecule has 0 saturated heterocycles. The number of anilines is 1. The smallest absolute Gasteiger partial charge is 0.239 e. The Morgan fingerprint density at radius 1 is 1.31 bits per heavy atom. The monoisotopic (exact) mass is 232 g/mol. The van der Waals surface area contributed by atoms with E-state index in [1.165, 1.54) is 0 Å². The van der Waals surface area contributed by atoms with Gasteiger partial charge in [0.1, 0.15) is 11.9 Å². The predicted octanol–water partition coefficient (Wildman–Crippen LogP) is 1.78. The molecular weight excluding hydrogens is 221 g/mol. The van der Waals surface area contributed by atoms with Crippen molar-refractivity contribution in [2.45, 2.75) is 19.4 Å². The van der Waals surface area contributed by atoms with Gasteiger partial charge in [-0.3, -0.25) is 4.79 Å². The zero-order chi connectivity index (χ0) is 12.3. The average molecular weight is 232 g/mol. The maximum absolute atomic E-state index is 13.2. The number of rotatable bonds is 4.